The molecule has 0 bridgehead atoms. The van der Waals surface area contributed by atoms with Gasteiger partial charge in [0.15, 0.2) is 0 Å². The minimum Gasteiger partial charge on any atom is -0.352 e. The average Bonchev–Trinajstić information content (AvgIpc) is 3.07. The maximum absolute atomic E-state index is 14.8. The van der Waals surface area contributed by atoms with E-state index in [4.69, 9.17) is 0 Å². The first kappa shape index (κ1) is 34.9. The Bertz CT molecular complexity index is 1800. The number of sulfonamides is 1. The predicted octanol–water partition coefficient (Wildman–Crippen LogP) is 7.20. The largest absolute Gasteiger partial charge is 0.352 e. The van der Waals surface area contributed by atoms with Crippen molar-refractivity contribution < 1.29 is 18.0 Å². The van der Waals surface area contributed by atoms with E-state index in [1.807, 2.05) is 94.4 Å². The second-order valence-electron chi connectivity index (χ2n) is 13.2. The molecule has 4 aromatic rings. The number of nitrogens with zero attached hydrogens (tertiary/aromatic N) is 2. The third-order valence-corrected chi connectivity index (χ3v) is 11.0. The summed E-state index contributed by atoms with van der Waals surface area (Å²) < 4.78 is 29.9. The van der Waals surface area contributed by atoms with Crippen LogP contribution in [0.4, 0.5) is 5.69 Å². The third-order valence-electron chi connectivity index (χ3n) is 9.21. The molecule has 48 heavy (non-hydrogen) atoms. The monoisotopic (exact) mass is 665 g/mol. The summed E-state index contributed by atoms with van der Waals surface area (Å²) >= 11 is 0. The molecule has 252 valence electrons. The number of carbonyl (C=O) groups excluding carboxylic acids is 2. The van der Waals surface area contributed by atoms with Crippen molar-refractivity contribution in [2.45, 2.75) is 89.7 Å². The summed E-state index contributed by atoms with van der Waals surface area (Å²) in [5.41, 5.74) is 5.94. The Hall–Kier alpha value is -4.43. The normalized spacial score (nSPS) is 14.2. The number of hydrogen-bond acceptors (Lipinski definition) is 4. The van der Waals surface area contributed by atoms with Crippen LogP contribution in [0.15, 0.2) is 102 Å². The highest BCUT2D eigenvalue weighted by Crippen LogP contribution is 2.29. The molecule has 4 aromatic carbocycles. The van der Waals surface area contributed by atoms with E-state index < -0.39 is 28.5 Å². The minimum atomic E-state index is -4.16. The van der Waals surface area contributed by atoms with Gasteiger partial charge in [-0.3, -0.25) is 13.9 Å². The molecule has 0 heterocycles. The first-order valence-corrected chi connectivity index (χ1v) is 18.3. The lowest BCUT2D eigenvalue weighted by Gasteiger charge is -2.35. The lowest BCUT2D eigenvalue weighted by Crippen LogP contribution is -2.55. The van der Waals surface area contributed by atoms with Gasteiger partial charge in [-0.25, -0.2) is 8.42 Å². The lowest BCUT2D eigenvalue weighted by atomic mass is 9.94. The Morgan fingerprint density at radius 1 is 0.750 bits per heavy atom. The van der Waals surface area contributed by atoms with Gasteiger partial charge >= 0.3 is 0 Å². The van der Waals surface area contributed by atoms with Crippen LogP contribution >= 0.6 is 0 Å². The van der Waals surface area contributed by atoms with Crippen LogP contribution < -0.4 is 9.62 Å². The smallest absolute Gasteiger partial charge is 0.264 e. The molecule has 8 heteroatoms. The molecule has 0 unspecified atom stereocenters. The fraction of sp³-hybridized carbons (Fsp3) is 0.350. The number of carbonyl (C=O) groups is 2. The first-order valence-electron chi connectivity index (χ1n) is 16.9. The van der Waals surface area contributed by atoms with E-state index >= 15 is 0 Å². The fourth-order valence-corrected chi connectivity index (χ4v) is 7.90. The summed E-state index contributed by atoms with van der Waals surface area (Å²) in [4.78, 5) is 30.7. The van der Waals surface area contributed by atoms with Crippen molar-refractivity contribution in [2.75, 3.05) is 10.8 Å². The van der Waals surface area contributed by atoms with Crippen molar-refractivity contribution in [1.29, 1.82) is 0 Å². The Morgan fingerprint density at radius 3 is 1.98 bits per heavy atom. The molecular formula is C40H47N3O4S. The van der Waals surface area contributed by atoms with Crippen LogP contribution in [0.25, 0.3) is 0 Å². The van der Waals surface area contributed by atoms with Crippen LogP contribution in [0.5, 0.6) is 0 Å². The zero-order chi connectivity index (χ0) is 34.3. The molecule has 1 aliphatic carbocycles. The van der Waals surface area contributed by atoms with Crippen LogP contribution in [0.1, 0.15) is 65.5 Å². The molecule has 1 N–H and O–H groups in total. The number of nitrogens with one attached hydrogen (secondary N) is 1. The van der Waals surface area contributed by atoms with Gasteiger partial charge in [0.05, 0.1) is 10.6 Å². The Balaban J connectivity index is 1.58. The van der Waals surface area contributed by atoms with Crippen LogP contribution in [0.2, 0.25) is 0 Å². The minimum absolute atomic E-state index is 0.0504. The first-order chi connectivity index (χ1) is 23.0. The van der Waals surface area contributed by atoms with E-state index in [-0.39, 0.29) is 23.4 Å². The zero-order valence-electron chi connectivity index (χ0n) is 28.5. The summed E-state index contributed by atoms with van der Waals surface area (Å²) in [6.07, 6.45) is 5.38. The van der Waals surface area contributed by atoms with Gasteiger partial charge in [0.25, 0.3) is 10.0 Å². The highest BCUT2D eigenvalue weighted by molar-refractivity contribution is 7.92. The van der Waals surface area contributed by atoms with Gasteiger partial charge in [0.1, 0.15) is 12.6 Å². The molecule has 2 amide bonds. The van der Waals surface area contributed by atoms with Crippen LogP contribution in [0.3, 0.4) is 0 Å². The molecule has 1 atom stereocenters. The average molecular weight is 666 g/mol. The van der Waals surface area contributed by atoms with Gasteiger partial charge in [-0.15, -0.1) is 0 Å². The summed E-state index contributed by atoms with van der Waals surface area (Å²) in [6.45, 7) is 7.39. The standard InChI is InChI=1S/C40H47N3O4S/c1-29-15-20-34(21-16-29)27-42(38(26-33-11-7-5-8-12-33)40(45)41-35-13-9-6-10-14-35)39(44)28-43(37-24-19-31(3)25-32(37)4)48(46,47)36-22-17-30(2)18-23-36/h5,7-8,11-12,15-25,35,38H,6,9-10,13-14,26-28H2,1-4H3,(H,41,45)/t38-/m1/s1. The van der Waals surface area contributed by atoms with E-state index in [1.165, 1.54) is 4.31 Å². The second-order valence-corrected chi connectivity index (χ2v) is 15.0. The number of benzene rings is 4. The van der Waals surface area contributed by atoms with E-state index in [1.54, 1.807) is 35.2 Å². The summed E-state index contributed by atoms with van der Waals surface area (Å²) in [6, 6.07) is 28.9. The summed E-state index contributed by atoms with van der Waals surface area (Å²) in [5, 5.41) is 3.27. The molecule has 7 nitrogen and oxygen atoms in total. The van der Waals surface area contributed by atoms with Crippen molar-refractivity contribution >= 4 is 27.5 Å². The maximum atomic E-state index is 14.8. The molecular weight excluding hydrogens is 619 g/mol. The van der Waals surface area contributed by atoms with Gasteiger partial charge in [-0.2, -0.15) is 0 Å². The molecule has 5 rings (SSSR count). The summed E-state index contributed by atoms with van der Waals surface area (Å²) in [7, 11) is -4.16. The van der Waals surface area contributed by atoms with Gasteiger partial charge in [0, 0.05) is 19.0 Å². The molecule has 1 aliphatic rings. The number of amides is 2. The van der Waals surface area contributed by atoms with E-state index in [2.05, 4.69) is 5.32 Å². The summed E-state index contributed by atoms with van der Waals surface area (Å²) in [5.74, 6) is -0.670. The molecule has 0 aliphatic heterocycles. The molecule has 0 aromatic heterocycles. The topological polar surface area (TPSA) is 86.8 Å². The maximum Gasteiger partial charge on any atom is 0.264 e. The highest BCUT2D eigenvalue weighted by atomic mass is 32.2. The highest BCUT2D eigenvalue weighted by Gasteiger charge is 2.35. The van der Waals surface area contributed by atoms with Gasteiger partial charge < -0.3 is 10.2 Å². The fourth-order valence-electron chi connectivity index (χ4n) is 6.42. The van der Waals surface area contributed by atoms with E-state index in [9.17, 15) is 18.0 Å². The number of aryl methyl sites for hydroxylation is 4. The molecule has 0 spiro atoms. The third kappa shape index (κ3) is 8.72. The van der Waals surface area contributed by atoms with Crippen molar-refractivity contribution in [2.24, 2.45) is 0 Å². The van der Waals surface area contributed by atoms with Crippen LogP contribution in [-0.4, -0.2) is 43.8 Å². The van der Waals surface area contributed by atoms with Gasteiger partial charge in [-0.1, -0.05) is 115 Å². The molecule has 0 radical (unpaired) electrons. The van der Waals surface area contributed by atoms with Crippen molar-refractivity contribution in [1.82, 2.24) is 10.2 Å². The van der Waals surface area contributed by atoms with E-state index in [0.29, 0.717) is 12.1 Å². The Labute approximate surface area is 286 Å². The molecule has 1 saturated carbocycles. The lowest BCUT2D eigenvalue weighted by molar-refractivity contribution is -0.140. The Kier molecular flexibility index (Phi) is 11.4. The number of hydrogen-bond donors (Lipinski definition) is 1. The number of rotatable bonds is 12. The van der Waals surface area contributed by atoms with Crippen LogP contribution in [-0.2, 0) is 32.6 Å². The predicted molar refractivity (Wildman–Crippen MR) is 192 cm³/mol. The van der Waals surface area contributed by atoms with Crippen LogP contribution in [0, 0.1) is 27.7 Å². The second kappa shape index (κ2) is 15.6. The number of anilines is 1. The quantitative estimate of drug-likeness (QED) is 0.173. The SMILES string of the molecule is Cc1ccc(CN(C(=O)CN(c2ccc(C)cc2C)S(=O)(=O)c2ccc(C)cc2)[C@H](Cc2ccccc2)C(=O)NC2CCCCC2)cc1. The van der Waals surface area contributed by atoms with Crippen molar-refractivity contribution in [3.05, 3.63) is 130 Å². The molecule has 1 fully saturated rings. The van der Waals surface area contributed by atoms with Gasteiger partial charge in [0.2, 0.25) is 11.8 Å². The van der Waals surface area contributed by atoms with Crippen molar-refractivity contribution in [3.8, 4) is 0 Å². The van der Waals surface area contributed by atoms with Crippen molar-refractivity contribution in [3.63, 3.8) is 0 Å². The van der Waals surface area contributed by atoms with Gasteiger partial charge in [-0.05, 0) is 75.4 Å². The zero-order valence-corrected chi connectivity index (χ0v) is 29.3. The Morgan fingerprint density at radius 2 is 1.35 bits per heavy atom. The molecule has 0 saturated heterocycles. The van der Waals surface area contributed by atoms with E-state index in [0.717, 1.165) is 65.5 Å².